The van der Waals surface area contributed by atoms with Gasteiger partial charge in [-0.15, -0.1) is 0 Å². The van der Waals surface area contributed by atoms with Gasteiger partial charge in [-0.05, 0) is 43.5 Å². The molecule has 0 saturated carbocycles. The second kappa shape index (κ2) is 6.16. The van der Waals surface area contributed by atoms with Crippen molar-refractivity contribution < 1.29 is 8.82 Å². The Balaban J connectivity index is 2.70. The molecule has 0 bridgehead atoms. The van der Waals surface area contributed by atoms with E-state index in [0.717, 1.165) is 19.3 Å². The molecule has 1 atom stereocenters. The lowest BCUT2D eigenvalue weighted by atomic mass is 10.1. The van der Waals surface area contributed by atoms with E-state index in [2.05, 4.69) is 33.9 Å². The molecule has 0 saturated heterocycles. The van der Waals surface area contributed by atoms with Gasteiger partial charge in [0.25, 0.3) is 0 Å². The second-order valence-electron chi connectivity index (χ2n) is 6.68. The summed E-state index contributed by atoms with van der Waals surface area (Å²) >= 11 is 0. The Morgan fingerprint density at radius 3 is 2.61 bits per heavy atom. The van der Waals surface area contributed by atoms with Crippen LogP contribution in [0.4, 0.5) is 4.39 Å². The van der Waals surface area contributed by atoms with Crippen LogP contribution in [0.15, 0.2) is 24.1 Å². The highest BCUT2D eigenvalue weighted by Gasteiger charge is 2.39. The number of rotatable bonds is 2. The van der Waals surface area contributed by atoms with E-state index >= 15 is 0 Å². The second-order valence-corrected chi connectivity index (χ2v) is 11.4. The van der Waals surface area contributed by atoms with E-state index < -0.39 is 8.32 Å². The molecule has 104 valence electrons. The summed E-state index contributed by atoms with van der Waals surface area (Å²) in [4.78, 5) is 0. The molecule has 0 aliphatic heterocycles. The molecule has 1 unspecified atom stereocenters. The van der Waals surface area contributed by atoms with Crippen LogP contribution >= 0.6 is 0 Å². The van der Waals surface area contributed by atoms with E-state index in [1.807, 2.05) is 12.2 Å². The van der Waals surface area contributed by atoms with Crippen molar-refractivity contribution >= 4 is 8.32 Å². The molecular formula is C15H27FOSi. The SMILES string of the molecule is CC(C)(C)[Si](C)(C)OC1CCCC=CC=C(F)C1. The molecular weight excluding hydrogens is 243 g/mol. The minimum absolute atomic E-state index is 0.0436. The number of halogens is 1. The first kappa shape index (κ1) is 15.6. The Morgan fingerprint density at radius 1 is 1.33 bits per heavy atom. The van der Waals surface area contributed by atoms with Crippen molar-refractivity contribution in [1.29, 1.82) is 0 Å². The molecule has 0 heterocycles. The van der Waals surface area contributed by atoms with Gasteiger partial charge in [-0.1, -0.05) is 32.9 Å². The van der Waals surface area contributed by atoms with E-state index in [1.54, 1.807) is 6.08 Å². The lowest BCUT2D eigenvalue weighted by Gasteiger charge is -2.39. The van der Waals surface area contributed by atoms with Crippen molar-refractivity contribution in [3.8, 4) is 0 Å². The summed E-state index contributed by atoms with van der Waals surface area (Å²) in [5, 5.41) is 0.184. The molecule has 0 aromatic carbocycles. The van der Waals surface area contributed by atoms with Gasteiger partial charge >= 0.3 is 0 Å². The van der Waals surface area contributed by atoms with Gasteiger partial charge in [0, 0.05) is 6.42 Å². The average Bonchev–Trinajstić information content (AvgIpc) is 2.28. The Kier molecular flexibility index (Phi) is 5.35. The summed E-state index contributed by atoms with van der Waals surface area (Å²) in [5.41, 5.74) is 0. The van der Waals surface area contributed by atoms with Crippen LogP contribution < -0.4 is 0 Å². The van der Waals surface area contributed by atoms with Gasteiger partial charge in [0.2, 0.25) is 0 Å². The van der Waals surface area contributed by atoms with Crippen LogP contribution in [0.3, 0.4) is 0 Å². The predicted octanol–water partition coefficient (Wildman–Crippen LogP) is 5.36. The number of hydrogen-bond acceptors (Lipinski definition) is 1. The first-order chi connectivity index (χ1) is 8.22. The third-order valence-corrected chi connectivity index (χ3v) is 8.54. The molecule has 0 aromatic rings. The summed E-state index contributed by atoms with van der Waals surface area (Å²) in [7, 11) is -1.79. The summed E-state index contributed by atoms with van der Waals surface area (Å²) < 4.78 is 20.0. The van der Waals surface area contributed by atoms with Gasteiger partial charge in [-0.3, -0.25) is 0 Å². The number of allylic oxidation sites excluding steroid dienone is 3. The largest absolute Gasteiger partial charge is 0.414 e. The molecule has 18 heavy (non-hydrogen) atoms. The van der Waals surface area contributed by atoms with Crippen molar-refractivity contribution in [2.75, 3.05) is 0 Å². The molecule has 1 nitrogen and oxygen atoms in total. The van der Waals surface area contributed by atoms with Gasteiger partial charge in [0.15, 0.2) is 8.32 Å². The van der Waals surface area contributed by atoms with E-state index in [-0.39, 0.29) is 17.0 Å². The van der Waals surface area contributed by atoms with Gasteiger partial charge in [0.1, 0.15) is 5.83 Å². The molecule has 0 fully saturated rings. The topological polar surface area (TPSA) is 9.23 Å². The quantitative estimate of drug-likeness (QED) is 0.614. The standard InChI is InChI=1S/C15H27FOSi/c1-15(2,3)18(4,5)17-14-11-9-7-6-8-10-13(16)12-14/h6,8,10,14H,7,9,11-12H2,1-5H3. The highest BCUT2D eigenvalue weighted by atomic mass is 28.4. The monoisotopic (exact) mass is 270 g/mol. The minimum atomic E-state index is -1.79. The Morgan fingerprint density at radius 2 is 2.00 bits per heavy atom. The predicted molar refractivity (Wildman–Crippen MR) is 78.9 cm³/mol. The molecule has 1 aliphatic rings. The summed E-state index contributed by atoms with van der Waals surface area (Å²) in [6.07, 6.45) is 8.96. The first-order valence-corrected chi connectivity index (χ1v) is 9.82. The van der Waals surface area contributed by atoms with E-state index in [9.17, 15) is 4.39 Å². The van der Waals surface area contributed by atoms with Crippen molar-refractivity contribution in [1.82, 2.24) is 0 Å². The van der Waals surface area contributed by atoms with Crippen LogP contribution in [0, 0.1) is 0 Å². The summed E-state index contributed by atoms with van der Waals surface area (Å²) in [6, 6.07) is 0. The van der Waals surface area contributed by atoms with Crippen LogP contribution in [0.1, 0.15) is 46.5 Å². The third-order valence-electron chi connectivity index (χ3n) is 4.00. The maximum atomic E-state index is 13.7. The van der Waals surface area contributed by atoms with Crippen LogP contribution in [0.25, 0.3) is 0 Å². The molecule has 3 heteroatoms. The fourth-order valence-electron chi connectivity index (χ4n) is 1.81. The fourth-order valence-corrected chi connectivity index (χ4v) is 3.20. The van der Waals surface area contributed by atoms with E-state index in [4.69, 9.17) is 4.43 Å². The van der Waals surface area contributed by atoms with Gasteiger partial charge in [-0.2, -0.15) is 0 Å². The van der Waals surface area contributed by atoms with E-state index in [0.29, 0.717) is 6.42 Å². The minimum Gasteiger partial charge on any atom is -0.414 e. The third kappa shape index (κ3) is 4.69. The zero-order valence-electron chi connectivity index (χ0n) is 12.4. The summed E-state index contributed by atoms with van der Waals surface area (Å²) in [6.45, 7) is 11.1. The zero-order valence-corrected chi connectivity index (χ0v) is 13.4. The van der Waals surface area contributed by atoms with Crippen LogP contribution in [-0.2, 0) is 4.43 Å². The van der Waals surface area contributed by atoms with Gasteiger partial charge < -0.3 is 4.43 Å². The van der Waals surface area contributed by atoms with Crippen molar-refractivity contribution in [2.24, 2.45) is 0 Å². The van der Waals surface area contributed by atoms with Crippen molar-refractivity contribution in [3.05, 3.63) is 24.1 Å². The fraction of sp³-hybridized carbons (Fsp3) is 0.733. The molecule has 0 spiro atoms. The molecule has 0 N–H and O–H groups in total. The molecule has 1 aliphatic carbocycles. The van der Waals surface area contributed by atoms with Gasteiger partial charge in [-0.25, -0.2) is 4.39 Å². The molecule has 0 amide bonds. The molecule has 0 aromatic heterocycles. The Bertz CT molecular complexity index is 326. The highest BCUT2D eigenvalue weighted by molar-refractivity contribution is 6.74. The van der Waals surface area contributed by atoms with Crippen LogP contribution in [-0.4, -0.2) is 14.4 Å². The Hall–Kier alpha value is -0.413. The highest BCUT2D eigenvalue weighted by Crippen LogP contribution is 2.38. The van der Waals surface area contributed by atoms with Crippen molar-refractivity contribution in [2.45, 2.75) is 70.7 Å². The summed E-state index contributed by atoms with van der Waals surface area (Å²) in [5.74, 6) is -0.0585. The van der Waals surface area contributed by atoms with E-state index in [1.165, 1.54) is 0 Å². The van der Waals surface area contributed by atoms with Gasteiger partial charge in [0.05, 0.1) is 6.10 Å². The van der Waals surface area contributed by atoms with Crippen LogP contribution in [0.2, 0.25) is 18.1 Å². The average molecular weight is 270 g/mol. The first-order valence-electron chi connectivity index (χ1n) is 6.91. The lowest BCUT2D eigenvalue weighted by molar-refractivity contribution is 0.162. The van der Waals surface area contributed by atoms with Crippen molar-refractivity contribution in [3.63, 3.8) is 0 Å². The maximum absolute atomic E-state index is 13.7. The maximum Gasteiger partial charge on any atom is 0.192 e. The molecule has 0 radical (unpaired) electrons. The number of hydrogen-bond donors (Lipinski definition) is 0. The van der Waals surface area contributed by atoms with Crippen LogP contribution in [0.5, 0.6) is 0 Å². The Labute approximate surface area is 112 Å². The lowest BCUT2D eigenvalue weighted by Crippen LogP contribution is -2.44. The normalized spacial score (nSPS) is 23.0. The molecule has 1 rings (SSSR count). The zero-order chi connectivity index (χ0) is 13.8. The smallest absolute Gasteiger partial charge is 0.192 e.